The number of likely N-dealkylation sites (tertiary alicyclic amines) is 1. The molecule has 1 aliphatic rings. The summed E-state index contributed by atoms with van der Waals surface area (Å²) in [6.45, 7) is 12.0. The van der Waals surface area contributed by atoms with Gasteiger partial charge in [0, 0.05) is 29.1 Å². The molecule has 0 radical (unpaired) electrons. The van der Waals surface area contributed by atoms with Crippen molar-refractivity contribution in [3.8, 4) is 11.1 Å². The van der Waals surface area contributed by atoms with Gasteiger partial charge >= 0.3 is 0 Å². The number of hydrogen-bond acceptors (Lipinski definition) is 5. The van der Waals surface area contributed by atoms with Gasteiger partial charge in [-0.2, -0.15) is 0 Å². The van der Waals surface area contributed by atoms with Gasteiger partial charge in [-0.15, -0.1) is 5.10 Å². The van der Waals surface area contributed by atoms with Crippen molar-refractivity contribution < 1.29 is 14.7 Å². The Kier molecular flexibility index (Phi) is 8.61. The summed E-state index contributed by atoms with van der Waals surface area (Å²) in [5.41, 5.74) is 3.70. The number of carbonyl (C=O) groups excluding carboxylic acids is 2. The molecule has 0 spiro atoms. The van der Waals surface area contributed by atoms with Crippen molar-refractivity contribution in [2.45, 2.75) is 77.6 Å². The standard InChI is InChI=1S/C30H38BrN5O3/c1-18(2)27(36-17-26(33-34-36)30(4,5)6)29(39)35-16-22(37)15-25(35)28(38)32-19(3)20-11-13-21(14-12-20)23-9-7-8-10-24(23)31/h7-14,17-19,22,25,27,37H,15-16H2,1-6H3,(H,32,38)/t19-,22+,25-,27-/m0/s1. The molecule has 0 unspecified atom stereocenters. The second-order valence-electron chi connectivity index (χ2n) is 11.8. The minimum absolute atomic E-state index is 0.0874. The molecule has 1 aromatic heterocycles. The lowest BCUT2D eigenvalue weighted by molar-refractivity contribution is -0.142. The van der Waals surface area contributed by atoms with Crippen LogP contribution in [0.15, 0.2) is 59.2 Å². The summed E-state index contributed by atoms with van der Waals surface area (Å²) in [7, 11) is 0. The van der Waals surface area contributed by atoms with E-state index in [0.717, 1.165) is 26.9 Å². The highest BCUT2D eigenvalue weighted by Gasteiger charge is 2.43. The van der Waals surface area contributed by atoms with E-state index >= 15 is 0 Å². The molecule has 2 aromatic carbocycles. The molecule has 2 N–H and O–H groups in total. The van der Waals surface area contributed by atoms with Gasteiger partial charge in [-0.3, -0.25) is 9.59 Å². The summed E-state index contributed by atoms with van der Waals surface area (Å²) in [5.74, 6) is -0.605. The zero-order valence-electron chi connectivity index (χ0n) is 23.4. The van der Waals surface area contributed by atoms with Crippen LogP contribution in [0.25, 0.3) is 11.1 Å². The topological polar surface area (TPSA) is 100 Å². The molecule has 8 nitrogen and oxygen atoms in total. The molecule has 1 aliphatic heterocycles. The maximum Gasteiger partial charge on any atom is 0.248 e. The number of aliphatic hydroxyl groups excluding tert-OH is 1. The van der Waals surface area contributed by atoms with Crippen molar-refractivity contribution in [1.29, 1.82) is 0 Å². The molecule has 2 amide bonds. The highest BCUT2D eigenvalue weighted by molar-refractivity contribution is 9.10. The van der Waals surface area contributed by atoms with Crippen molar-refractivity contribution in [3.63, 3.8) is 0 Å². The van der Waals surface area contributed by atoms with Crippen molar-refractivity contribution in [3.05, 3.63) is 70.5 Å². The minimum atomic E-state index is -0.766. The lowest BCUT2D eigenvalue weighted by Gasteiger charge is -2.30. The third kappa shape index (κ3) is 6.41. The molecular weight excluding hydrogens is 558 g/mol. The largest absolute Gasteiger partial charge is 0.391 e. The van der Waals surface area contributed by atoms with Crippen molar-refractivity contribution in [2.24, 2.45) is 5.92 Å². The predicted molar refractivity (Wildman–Crippen MR) is 155 cm³/mol. The molecule has 4 atom stereocenters. The first-order valence-corrected chi connectivity index (χ1v) is 14.2. The number of rotatable bonds is 7. The quantitative estimate of drug-likeness (QED) is 0.398. The Morgan fingerprint density at radius 3 is 2.33 bits per heavy atom. The Morgan fingerprint density at radius 1 is 1.08 bits per heavy atom. The van der Waals surface area contributed by atoms with Gasteiger partial charge in [0.15, 0.2) is 0 Å². The number of nitrogens with zero attached hydrogens (tertiary/aromatic N) is 4. The molecule has 0 aliphatic carbocycles. The molecule has 3 aromatic rings. The summed E-state index contributed by atoms with van der Waals surface area (Å²) in [5, 5.41) is 22.1. The molecule has 1 fully saturated rings. The highest BCUT2D eigenvalue weighted by Crippen LogP contribution is 2.30. The summed E-state index contributed by atoms with van der Waals surface area (Å²) < 4.78 is 2.62. The monoisotopic (exact) mass is 595 g/mol. The van der Waals surface area contributed by atoms with Crippen LogP contribution in [0.4, 0.5) is 0 Å². The van der Waals surface area contributed by atoms with E-state index < -0.39 is 18.2 Å². The van der Waals surface area contributed by atoms with Gasteiger partial charge in [-0.25, -0.2) is 4.68 Å². The predicted octanol–water partition coefficient (Wildman–Crippen LogP) is 5.04. The molecule has 9 heteroatoms. The smallest absolute Gasteiger partial charge is 0.248 e. The Balaban J connectivity index is 1.49. The van der Waals surface area contributed by atoms with Crippen LogP contribution in [0.3, 0.4) is 0 Å². The average Bonchev–Trinajstić information content (AvgIpc) is 3.51. The van der Waals surface area contributed by atoms with E-state index in [1.54, 1.807) is 4.68 Å². The molecule has 0 saturated carbocycles. The van der Waals surface area contributed by atoms with Crippen molar-refractivity contribution in [2.75, 3.05) is 6.54 Å². The van der Waals surface area contributed by atoms with Gasteiger partial charge in [0.25, 0.3) is 0 Å². The van der Waals surface area contributed by atoms with Crippen LogP contribution in [0.5, 0.6) is 0 Å². The van der Waals surface area contributed by atoms with Crippen LogP contribution < -0.4 is 5.32 Å². The first-order valence-electron chi connectivity index (χ1n) is 13.4. The molecule has 0 bridgehead atoms. The van der Waals surface area contributed by atoms with Crippen LogP contribution >= 0.6 is 15.9 Å². The maximum atomic E-state index is 13.8. The number of amides is 2. The Labute approximate surface area is 238 Å². The van der Waals surface area contributed by atoms with Gasteiger partial charge in [0.2, 0.25) is 11.8 Å². The molecule has 208 valence electrons. The van der Waals surface area contributed by atoms with Gasteiger partial charge < -0.3 is 15.3 Å². The number of aromatic nitrogens is 3. The van der Waals surface area contributed by atoms with Crippen molar-refractivity contribution in [1.82, 2.24) is 25.2 Å². The fourth-order valence-electron chi connectivity index (χ4n) is 4.98. The zero-order valence-corrected chi connectivity index (χ0v) is 25.0. The van der Waals surface area contributed by atoms with E-state index in [1.807, 2.05) is 90.2 Å². The van der Waals surface area contributed by atoms with E-state index in [2.05, 4.69) is 37.6 Å². The minimum Gasteiger partial charge on any atom is -0.391 e. The lowest BCUT2D eigenvalue weighted by Crippen LogP contribution is -2.49. The van der Waals surface area contributed by atoms with Gasteiger partial charge in [0.05, 0.1) is 17.8 Å². The van der Waals surface area contributed by atoms with Gasteiger partial charge in [0.1, 0.15) is 12.1 Å². The summed E-state index contributed by atoms with van der Waals surface area (Å²) in [4.78, 5) is 28.7. The van der Waals surface area contributed by atoms with Crippen LogP contribution in [0.1, 0.15) is 71.3 Å². The lowest BCUT2D eigenvalue weighted by atomic mass is 9.93. The van der Waals surface area contributed by atoms with E-state index in [-0.39, 0.29) is 42.2 Å². The number of benzene rings is 2. The SMILES string of the molecule is CC(C)[C@@H](C(=O)N1C[C@H](O)C[C@H]1C(=O)N[C@@H](C)c1ccc(-c2ccccc2Br)cc1)n1cc(C(C)(C)C)nn1. The fourth-order valence-corrected chi connectivity index (χ4v) is 5.49. The Bertz CT molecular complexity index is 1310. The first kappa shape index (κ1) is 29.0. The summed E-state index contributed by atoms with van der Waals surface area (Å²) in [6.07, 6.45) is 1.24. The molecular formula is C30H38BrN5O3. The highest BCUT2D eigenvalue weighted by atomic mass is 79.9. The number of carbonyl (C=O) groups is 2. The van der Waals surface area contributed by atoms with Crippen molar-refractivity contribution >= 4 is 27.7 Å². The molecule has 2 heterocycles. The van der Waals surface area contributed by atoms with E-state index in [9.17, 15) is 14.7 Å². The zero-order chi connectivity index (χ0) is 28.5. The number of hydrogen-bond donors (Lipinski definition) is 2. The Hall–Kier alpha value is -3.04. The fraction of sp³-hybridized carbons (Fsp3) is 0.467. The van der Waals surface area contributed by atoms with Gasteiger partial charge in [-0.1, -0.05) is 98.2 Å². The number of nitrogens with one attached hydrogen (secondary N) is 1. The van der Waals surface area contributed by atoms with Crippen LogP contribution in [-0.4, -0.2) is 55.5 Å². The maximum absolute atomic E-state index is 13.8. The number of halogens is 1. The molecule has 1 saturated heterocycles. The summed E-state index contributed by atoms with van der Waals surface area (Å²) in [6, 6.07) is 14.4. The third-order valence-corrected chi connectivity index (χ3v) is 7.96. The van der Waals surface area contributed by atoms with Crippen LogP contribution in [0.2, 0.25) is 0 Å². The Morgan fingerprint density at radius 2 is 1.74 bits per heavy atom. The van der Waals surface area contributed by atoms with E-state index in [4.69, 9.17) is 0 Å². The average molecular weight is 597 g/mol. The number of aliphatic hydroxyl groups is 1. The summed E-state index contributed by atoms with van der Waals surface area (Å²) >= 11 is 3.60. The normalized spacial score (nSPS) is 19.3. The third-order valence-electron chi connectivity index (χ3n) is 7.27. The van der Waals surface area contributed by atoms with Crippen LogP contribution in [0, 0.1) is 5.92 Å². The second-order valence-corrected chi connectivity index (χ2v) is 12.6. The first-order chi connectivity index (χ1) is 18.4. The second kappa shape index (κ2) is 11.6. The molecule has 4 rings (SSSR count). The molecule has 39 heavy (non-hydrogen) atoms. The van der Waals surface area contributed by atoms with E-state index in [0.29, 0.717) is 0 Å². The van der Waals surface area contributed by atoms with Gasteiger partial charge in [-0.05, 0) is 35.6 Å². The number of β-amino-alcohol motifs (C(OH)–C–C–N with tert-alkyl or cyclic N) is 1. The van der Waals surface area contributed by atoms with E-state index in [1.165, 1.54) is 4.90 Å². The van der Waals surface area contributed by atoms with Crippen LogP contribution in [-0.2, 0) is 15.0 Å².